The maximum atomic E-state index is 12.1. The van der Waals surface area contributed by atoms with E-state index in [4.69, 9.17) is 0 Å². The van der Waals surface area contributed by atoms with Crippen molar-refractivity contribution in [3.8, 4) is 0 Å². The van der Waals surface area contributed by atoms with Crippen molar-refractivity contribution in [2.45, 2.75) is 4.90 Å². The number of carbonyl (C=O) groups is 1. The molecular weight excluding hydrogens is 270 g/mol. The lowest BCUT2D eigenvalue weighted by atomic mass is 10.4. The van der Waals surface area contributed by atoms with E-state index >= 15 is 0 Å². The van der Waals surface area contributed by atoms with Gasteiger partial charge in [0.2, 0.25) is 0 Å². The Balaban J connectivity index is 2.34. The Labute approximate surface area is 109 Å². The van der Waals surface area contributed by atoms with Crippen LogP contribution in [0.3, 0.4) is 0 Å². The van der Waals surface area contributed by atoms with Crippen molar-refractivity contribution in [3.63, 3.8) is 0 Å². The van der Waals surface area contributed by atoms with Crippen LogP contribution in [-0.4, -0.2) is 36.1 Å². The lowest BCUT2D eigenvalue weighted by Gasteiger charge is -2.02. The van der Waals surface area contributed by atoms with Crippen LogP contribution in [0.25, 0.3) is 0 Å². The van der Waals surface area contributed by atoms with E-state index in [9.17, 15) is 13.2 Å². The molecule has 9 heteroatoms. The van der Waals surface area contributed by atoms with E-state index in [1.807, 2.05) is 0 Å². The summed E-state index contributed by atoms with van der Waals surface area (Å²) in [4.78, 5) is 11.5. The van der Waals surface area contributed by atoms with Gasteiger partial charge in [0.05, 0.1) is 11.9 Å². The van der Waals surface area contributed by atoms with Crippen molar-refractivity contribution >= 4 is 21.6 Å². The number of H-pyrrole nitrogens is 1. The topological polar surface area (TPSA) is 109 Å². The Morgan fingerprint density at radius 2 is 2.21 bits per heavy atom. The highest BCUT2D eigenvalue weighted by molar-refractivity contribution is 7.92. The number of aryl methyl sites for hydroxylation is 1. The van der Waals surface area contributed by atoms with Crippen LogP contribution in [0.5, 0.6) is 0 Å². The summed E-state index contributed by atoms with van der Waals surface area (Å²) in [6.45, 7) is 0. The molecule has 0 atom stereocenters. The molecule has 0 saturated heterocycles. The van der Waals surface area contributed by atoms with E-state index < -0.39 is 10.0 Å². The Kier molecular flexibility index (Phi) is 3.30. The van der Waals surface area contributed by atoms with Gasteiger partial charge in [-0.15, -0.1) is 0 Å². The molecule has 2 aromatic heterocycles. The molecule has 3 N–H and O–H groups in total. The van der Waals surface area contributed by atoms with Crippen LogP contribution in [0.15, 0.2) is 29.6 Å². The Hall–Kier alpha value is -2.29. The van der Waals surface area contributed by atoms with Crippen LogP contribution < -0.4 is 10.0 Å². The molecule has 0 aromatic carbocycles. The molecule has 0 radical (unpaired) electrons. The number of aromatic amines is 1. The summed E-state index contributed by atoms with van der Waals surface area (Å²) in [5.74, 6) is -0.354. The molecule has 0 fully saturated rings. The quantitative estimate of drug-likeness (QED) is 0.728. The van der Waals surface area contributed by atoms with Crippen LogP contribution in [0.4, 0.5) is 5.69 Å². The van der Waals surface area contributed by atoms with Crippen molar-refractivity contribution in [1.82, 2.24) is 20.1 Å². The van der Waals surface area contributed by atoms with E-state index in [-0.39, 0.29) is 16.5 Å². The molecule has 0 unspecified atom stereocenters. The summed E-state index contributed by atoms with van der Waals surface area (Å²) in [6, 6.07) is 1.31. The number of anilines is 1. The molecule has 0 bridgehead atoms. The first-order chi connectivity index (χ1) is 8.94. The predicted molar refractivity (Wildman–Crippen MR) is 68.2 cm³/mol. The highest BCUT2D eigenvalue weighted by Crippen LogP contribution is 2.17. The number of nitrogens with zero attached hydrogens (tertiary/aromatic N) is 2. The van der Waals surface area contributed by atoms with Gasteiger partial charge in [-0.25, -0.2) is 8.42 Å². The summed E-state index contributed by atoms with van der Waals surface area (Å²) >= 11 is 0. The summed E-state index contributed by atoms with van der Waals surface area (Å²) < 4.78 is 27.9. The minimum Gasteiger partial charge on any atom is -0.354 e. The second-order valence-corrected chi connectivity index (χ2v) is 5.53. The van der Waals surface area contributed by atoms with Gasteiger partial charge >= 0.3 is 0 Å². The van der Waals surface area contributed by atoms with E-state index in [2.05, 4.69) is 20.2 Å². The number of carbonyl (C=O) groups excluding carboxylic acids is 1. The van der Waals surface area contributed by atoms with Crippen LogP contribution in [0, 0.1) is 0 Å². The SMILES string of the molecule is CNC(=O)c1cc(S(=O)(=O)Nc2cn[nH]c2)cn1C. The molecule has 0 aliphatic rings. The van der Waals surface area contributed by atoms with Crippen molar-refractivity contribution in [1.29, 1.82) is 0 Å². The standard InChI is InChI=1S/C10H13N5O3S/c1-11-10(16)9-3-8(6-15(9)2)19(17,18)14-7-4-12-13-5-7/h3-6,14H,1-2H3,(H,11,16)(H,12,13). The number of sulfonamides is 1. The second kappa shape index (κ2) is 4.76. The molecule has 2 aromatic rings. The molecule has 0 aliphatic heterocycles. The first-order valence-electron chi connectivity index (χ1n) is 5.34. The molecule has 8 nitrogen and oxygen atoms in total. The highest BCUT2D eigenvalue weighted by Gasteiger charge is 2.20. The Morgan fingerprint density at radius 3 is 2.79 bits per heavy atom. The number of rotatable bonds is 4. The minimum atomic E-state index is -3.74. The van der Waals surface area contributed by atoms with E-state index in [0.717, 1.165) is 0 Å². The van der Waals surface area contributed by atoms with Gasteiger partial charge in [0.1, 0.15) is 10.6 Å². The molecular formula is C10H13N5O3S. The van der Waals surface area contributed by atoms with Crippen molar-refractivity contribution < 1.29 is 13.2 Å². The third kappa shape index (κ3) is 2.60. The fourth-order valence-electron chi connectivity index (χ4n) is 1.56. The Bertz CT molecular complexity index is 687. The van der Waals surface area contributed by atoms with Gasteiger partial charge in [-0.3, -0.25) is 14.6 Å². The molecule has 1 amide bonds. The smallest absolute Gasteiger partial charge is 0.267 e. The zero-order valence-electron chi connectivity index (χ0n) is 10.3. The summed E-state index contributed by atoms with van der Waals surface area (Å²) in [5, 5.41) is 8.59. The maximum absolute atomic E-state index is 12.1. The lowest BCUT2D eigenvalue weighted by Crippen LogP contribution is -2.20. The first kappa shape index (κ1) is 13.1. The predicted octanol–water partition coefficient (Wildman–Crippen LogP) is -0.0914. The van der Waals surface area contributed by atoms with Gasteiger partial charge in [0.15, 0.2) is 0 Å². The average molecular weight is 283 g/mol. The molecule has 2 heterocycles. The molecule has 2 rings (SSSR count). The van der Waals surface area contributed by atoms with Gasteiger partial charge in [-0.1, -0.05) is 0 Å². The summed E-state index contributed by atoms with van der Waals surface area (Å²) in [5.41, 5.74) is 0.584. The number of hydrogen-bond donors (Lipinski definition) is 3. The molecule has 0 saturated carbocycles. The van der Waals surface area contributed by atoms with Gasteiger partial charge < -0.3 is 9.88 Å². The largest absolute Gasteiger partial charge is 0.354 e. The molecule has 19 heavy (non-hydrogen) atoms. The fraction of sp³-hybridized carbons (Fsp3) is 0.200. The highest BCUT2D eigenvalue weighted by atomic mass is 32.2. The van der Waals surface area contributed by atoms with Crippen LogP contribution in [0.2, 0.25) is 0 Å². The first-order valence-corrected chi connectivity index (χ1v) is 6.82. The lowest BCUT2D eigenvalue weighted by molar-refractivity contribution is 0.0955. The maximum Gasteiger partial charge on any atom is 0.267 e. The summed E-state index contributed by atoms with van der Waals surface area (Å²) in [7, 11) is -0.659. The van der Waals surface area contributed by atoms with Gasteiger partial charge in [-0.05, 0) is 6.07 Å². The number of amides is 1. The molecule has 102 valence electrons. The zero-order valence-corrected chi connectivity index (χ0v) is 11.2. The Morgan fingerprint density at radius 1 is 1.47 bits per heavy atom. The average Bonchev–Trinajstić information content (AvgIpc) is 2.97. The third-order valence-corrected chi connectivity index (χ3v) is 3.85. The van der Waals surface area contributed by atoms with Crippen LogP contribution in [0.1, 0.15) is 10.5 Å². The van der Waals surface area contributed by atoms with Gasteiger partial charge in [0, 0.05) is 26.5 Å². The van der Waals surface area contributed by atoms with Crippen molar-refractivity contribution in [3.05, 3.63) is 30.4 Å². The zero-order chi connectivity index (χ0) is 14.0. The van der Waals surface area contributed by atoms with Gasteiger partial charge in [-0.2, -0.15) is 5.10 Å². The monoisotopic (exact) mass is 283 g/mol. The van der Waals surface area contributed by atoms with E-state index in [1.54, 1.807) is 7.05 Å². The van der Waals surface area contributed by atoms with Crippen LogP contribution in [-0.2, 0) is 17.1 Å². The van der Waals surface area contributed by atoms with E-state index in [0.29, 0.717) is 5.69 Å². The van der Waals surface area contributed by atoms with Crippen molar-refractivity contribution in [2.75, 3.05) is 11.8 Å². The van der Waals surface area contributed by atoms with Gasteiger partial charge in [0.25, 0.3) is 15.9 Å². The van der Waals surface area contributed by atoms with E-state index in [1.165, 1.54) is 36.3 Å². The second-order valence-electron chi connectivity index (χ2n) is 3.84. The third-order valence-electron chi connectivity index (χ3n) is 2.50. The fourth-order valence-corrected chi connectivity index (χ4v) is 2.66. The molecule has 0 spiro atoms. The summed E-state index contributed by atoms with van der Waals surface area (Å²) in [6.07, 6.45) is 4.13. The van der Waals surface area contributed by atoms with Crippen LogP contribution >= 0.6 is 0 Å². The number of nitrogens with one attached hydrogen (secondary N) is 3. The molecule has 0 aliphatic carbocycles. The minimum absolute atomic E-state index is 0.00907. The van der Waals surface area contributed by atoms with Crippen molar-refractivity contribution in [2.24, 2.45) is 7.05 Å². The number of aromatic nitrogens is 3. The normalized spacial score (nSPS) is 11.3. The number of hydrogen-bond acceptors (Lipinski definition) is 4.